The van der Waals surface area contributed by atoms with Gasteiger partial charge in [0.05, 0.1) is 33.8 Å². The molecule has 0 saturated carbocycles. The predicted octanol–water partition coefficient (Wildman–Crippen LogP) is 7.20. The molecule has 0 saturated heterocycles. The number of carboxylic acid groups (broad SMARTS) is 1. The van der Waals surface area contributed by atoms with Crippen molar-refractivity contribution in [2.75, 3.05) is 13.1 Å². The average Bonchev–Trinajstić information content (AvgIpc) is 3.38. The van der Waals surface area contributed by atoms with Crippen LogP contribution in [0.2, 0.25) is 0 Å². The van der Waals surface area contributed by atoms with Crippen LogP contribution in [-0.2, 0) is 6.54 Å². The number of allylic oxidation sites excluding steroid dienone is 2. The van der Waals surface area contributed by atoms with Crippen LogP contribution in [0.4, 0.5) is 0 Å². The molecule has 0 spiro atoms. The highest BCUT2D eigenvalue weighted by Crippen LogP contribution is 2.55. The van der Waals surface area contributed by atoms with E-state index in [0.29, 0.717) is 30.8 Å². The largest absolute Gasteiger partial charge is 0.478 e. The number of amides is 1. The summed E-state index contributed by atoms with van der Waals surface area (Å²) in [5, 5.41) is 18.7. The van der Waals surface area contributed by atoms with Crippen LogP contribution in [0.25, 0.3) is 28.0 Å². The summed E-state index contributed by atoms with van der Waals surface area (Å²) in [4.78, 5) is 32.4. The van der Waals surface area contributed by atoms with E-state index in [9.17, 15) is 20.0 Å². The number of hydrogen-bond donors (Lipinski definition) is 1. The predicted molar refractivity (Wildman–Crippen MR) is 167 cm³/mol. The normalized spacial score (nSPS) is 19.3. The Hall–Kier alpha value is -4.96. The molecule has 7 nitrogen and oxygen atoms in total. The van der Waals surface area contributed by atoms with Gasteiger partial charge in [0, 0.05) is 36.0 Å². The molecule has 43 heavy (non-hydrogen) atoms. The molecule has 0 bridgehead atoms. The van der Waals surface area contributed by atoms with E-state index in [0.717, 1.165) is 34.4 Å². The number of aryl methyl sites for hydroxylation is 1. The molecule has 1 aliphatic heterocycles. The Bertz CT molecular complexity index is 1890. The van der Waals surface area contributed by atoms with Gasteiger partial charge < -0.3 is 14.6 Å². The van der Waals surface area contributed by atoms with Crippen molar-refractivity contribution < 1.29 is 14.7 Å². The summed E-state index contributed by atoms with van der Waals surface area (Å²) in [7, 11) is 0. The van der Waals surface area contributed by atoms with Crippen molar-refractivity contribution in [2.45, 2.75) is 40.7 Å². The Kier molecular flexibility index (Phi) is 6.81. The Morgan fingerprint density at radius 2 is 1.77 bits per heavy atom. The Morgan fingerprint density at radius 1 is 1.02 bits per heavy atom. The third-order valence-corrected chi connectivity index (χ3v) is 9.13. The molecule has 7 heteroatoms. The maximum Gasteiger partial charge on any atom is 0.335 e. The first-order valence-electron chi connectivity index (χ1n) is 14.6. The van der Waals surface area contributed by atoms with Crippen molar-refractivity contribution in [1.29, 1.82) is 5.26 Å². The zero-order chi connectivity index (χ0) is 30.5. The minimum Gasteiger partial charge on any atom is -0.478 e. The van der Waals surface area contributed by atoms with E-state index in [4.69, 9.17) is 4.98 Å². The van der Waals surface area contributed by atoms with Gasteiger partial charge in [-0.1, -0.05) is 68.8 Å². The highest BCUT2D eigenvalue weighted by Gasteiger charge is 2.46. The molecule has 1 aliphatic carbocycles. The van der Waals surface area contributed by atoms with Crippen LogP contribution in [0.3, 0.4) is 0 Å². The third kappa shape index (κ3) is 4.64. The van der Waals surface area contributed by atoms with Crippen LogP contribution in [-0.4, -0.2) is 44.5 Å². The Morgan fingerprint density at radius 3 is 2.47 bits per heavy atom. The van der Waals surface area contributed by atoms with Crippen molar-refractivity contribution in [3.63, 3.8) is 0 Å². The van der Waals surface area contributed by atoms with E-state index < -0.39 is 5.97 Å². The van der Waals surface area contributed by atoms with Crippen molar-refractivity contribution in [2.24, 2.45) is 10.8 Å². The van der Waals surface area contributed by atoms with Gasteiger partial charge in [0.15, 0.2) is 0 Å². The number of aromatic carboxylic acids is 1. The first-order valence-corrected chi connectivity index (χ1v) is 14.6. The minimum absolute atomic E-state index is 0.0311. The number of hydrogen-bond acceptors (Lipinski definition) is 4. The number of carboxylic acids is 1. The second kappa shape index (κ2) is 10.4. The second-order valence-corrected chi connectivity index (χ2v) is 12.2. The Labute approximate surface area is 251 Å². The number of imidazole rings is 1. The zero-order valence-corrected chi connectivity index (χ0v) is 24.9. The summed E-state index contributed by atoms with van der Waals surface area (Å²) in [5.41, 5.74) is 6.87. The molecular formula is C36H34N4O3. The van der Waals surface area contributed by atoms with E-state index in [-0.39, 0.29) is 22.3 Å². The summed E-state index contributed by atoms with van der Waals surface area (Å²) in [5.74, 6) is -0.245. The van der Waals surface area contributed by atoms with E-state index in [2.05, 4.69) is 50.5 Å². The van der Waals surface area contributed by atoms with Crippen LogP contribution in [0, 0.1) is 22.2 Å². The number of carbonyl (C=O) groups excluding carboxylic acids is 1. The van der Waals surface area contributed by atoms with Gasteiger partial charge in [-0.2, -0.15) is 5.26 Å². The molecule has 1 amide bonds. The van der Waals surface area contributed by atoms with E-state index >= 15 is 0 Å². The molecular weight excluding hydrogens is 536 g/mol. The summed E-state index contributed by atoms with van der Waals surface area (Å²) in [6.45, 7) is 10.5. The molecule has 6 rings (SSSR count). The molecule has 1 atom stereocenters. The van der Waals surface area contributed by atoms with Gasteiger partial charge in [-0.15, -0.1) is 0 Å². The standard InChI is InChI=1S/C36H34N4O3/c1-5-40-30-15-10-23(21-37)20-29(30)38-32(40)26-8-6-7-9-27(26)33(41)39-19-17-31-35(2,3)28(16-18-36(31,4)22-39)24-11-13-25(14-12-24)34(42)43/h6-17,20H,5,18-19,22H2,1-4H3,(H,42,43)/t36-/m1/s1. The average molecular weight is 571 g/mol. The topological polar surface area (TPSA) is 99.2 Å². The van der Waals surface area contributed by atoms with E-state index in [1.807, 2.05) is 47.4 Å². The number of rotatable bonds is 5. The molecule has 0 unspecified atom stereocenters. The number of fused-ring (bicyclic) bond motifs is 2. The summed E-state index contributed by atoms with van der Waals surface area (Å²) in [6.07, 6.45) is 5.25. The van der Waals surface area contributed by atoms with Crippen LogP contribution in [0.5, 0.6) is 0 Å². The molecule has 2 heterocycles. The molecule has 0 radical (unpaired) electrons. The fourth-order valence-corrected chi connectivity index (χ4v) is 7.12. The summed E-state index contributed by atoms with van der Waals surface area (Å²) < 4.78 is 2.09. The maximum absolute atomic E-state index is 14.2. The number of nitriles is 1. The highest BCUT2D eigenvalue weighted by atomic mass is 16.4. The van der Waals surface area contributed by atoms with Crippen LogP contribution in [0.1, 0.15) is 66.0 Å². The molecule has 3 aromatic carbocycles. The third-order valence-electron chi connectivity index (χ3n) is 9.13. The fourth-order valence-electron chi connectivity index (χ4n) is 7.12. The molecule has 2 aliphatic rings. The number of carbonyl (C=O) groups is 2. The summed E-state index contributed by atoms with van der Waals surface area (Å²) >= 11 is 0. The highest BCUT2D eigenvalue weighted by molar-refractivity contribution is 6.01. The van der Waals surface area contributed by atoms with Gasteiger partial charge in [-0.3, -0.25) is 4.79 Å². The summed E-state index contributed by atoms with van der Waals surface area (Å²) in [6, 6.07) is 22.4. The number of aromatic nitrogens is 2. The van der Waals surface area contributed by atoms with Crippen molar-refractivity contribution in [1.82, 2.24) is 14.5 Å². The van der Waals surface area contributed by atoms with Crippen molar-refractivity contribution in [3.05, 3.63) is 107 Å². The van der Waals surface area contributed by atoms with Gasteiger partial charge >= 0.3 is 5.97 Å². The molecule has 4 aromatic rings. The van der Waals surface area contributed by atoms with Gasteiger partial charge in [-0.25, -0.2) is 9.78 Å². The Balaban J connectivity index is 1.32. The quantitative estimate of drug-likeness (QED) is 0.256. The zero-order valence-electron chi connectivity index (χ0n) is 24.9. The molecule has 1 aromatic heterocycles. The fraction of sp³-hybridized carbons (Fsp3) is 0.278. The molecule has 0 fully saturated rings. The van der Waals surface area contributed by atoms with E-state index in [1.54, 1.807) is 24.3 Å². The number of benzene rings is 3. The lowest BCUT2D eigenvalue weighted by Crippen LogP contribution is -2.48. The van der Waals surface area contributed by atoms with Gasteiger partial charge in [0.1, 0.15) is 5.82 Å². The maximum atomic E-state index is 14.2. The smallest absolute Gasteiger partial charge is 0.335 e. The minimum atomic E-state index is -0.933. The van der Waals surface area contributed by atoms with Gasteiger partial charge in [0.2, 0.25) is 0 Å². The van der Waals surface area contributed by atoms with Crippen molar-refractivity contribution in [3.8, 4) is 17.5 Å². The lowest BCUT2D eigenvalue weighted by Gasteiger charge is -2.50. The van der Waals surface area contributed by atoms with E-state index in [1.165, 1.54) is 11.1 Å². The van der Waals surface area contributed by atoms with Gasteiger partial charge in [-0.05, 0) is 60.9 Å². The van der Waals surface area contributed by atoms with Crippen LogP contribution < -0.4 is 0 Å². The monoisotopic (exact) mass is 570 g/mol. The lowest BCUT2D eigenvalue weighted by atomic mass is 9.58. The second-order valence-electron chi connectivity index (χ2n) is 12.2. The lowest BCUT2D eigenvalue weighted by molar-refractivity contribution is 0.0679. The van der Waals surface area contributed by atoms with Crippen LogP contribution in [0.15, 0.2) is 84.5 Å². The van der Waals surface area contributed by atoms with Gasteiger partial charge in [0.25, 0.3) is 5.91 Å². The van der Waals surface area contributed by atoms with Crippen LogP contribution >= 0.6 is 0 Å². The SMILES string of the molecule is CCn1c(-c2ccccc2C(=O)N2CC=C3C(C)(C)C(c4ccc(C(=O)O)cc4)=CC[C@]3(C)C2)nc2cc(C#N)ccc21. The van der Waals surface area contributed by atoms with Crippen molar-refractivity contribution >= 4 is 28.5 Å². The first kappa shape index (κ1) is 28.2. The molecule has 1 N–H and O–H groups in total. The molecule has 216 valence electrons. The first-order chi connectivity index (χ1) is 20.6. The number of nitrogens with zero attached hydrogens (tertiary/aromatic N) is 4.